The number of esters is 1. The van der Waals surface area contributed by atoms with E-state index < -0.39 is 5.97 Å². The molecule has 3 aromatic carbocycles. The lowest BCUT2D eigenvalue weighted by Gasteiger charge is -2.13. The monoisotopic (exact) mass is 456 g/mol. The van der Waals surface area contributed by atoms with Crippen molar-refractivity contribution in [3.8, 4) is 11.1 Å². The quantitative estimate of drug-likeness (QED) is 0.301. The molecular weight excluding hydrogens is 432 g/mol. The maximum Gasteiger partial charge on any atom is 0.325 e. The Hall–Kier alpha value is -4.26. The summed E-state index contributed by atoms with van der Waals surface area (Å²) in [4.78, 5) is 50.1. The summed E-state index contributed by atoms with van der Waals surface area (Å²) in [6.45, 7) is 0.168. The van der Waals surface area contributed by atoms with Crippen molar-refractivity contribution in [2.75, 3.05) is 19.7 Å². The van der Waals surface area contributed by atoms with E-state index in [1.165, 1.54) is 4.90 Å². The maximum absolute atomic E-state index is 12.3. The van der Waals surface area contributed by atoms with E-state index in [4.69, 9.17) is 4.74 Å². The van der Waals surface area contributed by atoms with Crippen LogP contribution in [0.5, 0.6) is 0 Å². The molecular formula is C27H24N2O5. The van der Waals surface area contributed by atoms with Crippen molar-refractivity contribution in [3.63, 3.8) is 0 Å². The Morgan fingerprint density at radius 3 is 1.97 bits per heavy atom. The van der Waals surface area contributed by atoms with Gasteiger partial charge in [0.2, 0.25) is 0 Å². The molecule has 1 aliphatic rings. The molecule has 7 heteroatoms. The number of hydrogen-bond acceptors (Lipinski definition) is 5. The van der Waals surface area contributed by atoms with E-state index in [1.807, 2.05) is 42.5 Å². The van der Waals surface area contributed by atoms with E-state index >= 15 is 0 Å². The summed E-state index contributed by atoms with van der Waals surface area (Å²) in [6, 6.07) is 23.7. The highest BCUT2D eigenvalue weighted by Crippen LogP contribution is 2.22. The smallest absolute Gasteiger partial charge is 0.325 e. The van der Waals surface area contributed by atoms with Gasteiger partial charge in [-0.05, 0) is 48.2 Å². The van der Waals surface area contributed by atoms with Gasteiger partial charge in [0.15, 0.2) is 0 Å². The number of fused-ring (bicyclic) bond motifs is 1. The molecule has 172 valence electrons. The predicted octanol–water partition coefficient (Wildman–Crippen LogP) is 3.70. The summed E-state index contributed by atoms with van der Waals surface area (Å²) >= 11 is 0. The predicted molar refractivity (Wildman–Crippen MR) is 126 cm³/mol. The van der Waals surface area contributed by atoms with E-state index in [0.717, 1.165) is 11.1 Å². The molecule has 0 saturated heterocycles. The first kappa shape index (κ1) is 22.9. The Bertz CT molecular complexity index is 1170. The molecule has 0 aliphatic carbocycles. The number of carbonyl (C=O) groups excluding carboxylic acids is 4. The van der Waals surface area contributed by atoms with Crippen molar-refractivity contribution in [1.29, 1.82) is 0 Å². The Balaban J connectivity index is 1.14. The number of benzene rings is 3. The van der Waals surface area contributed by atoms with Crippen LogP contribution >= 0.6 is 0 Å². The third-order valence-corrected chi connectivity index (χ3v) is 5.56. The largest absolute Gasteiger partial charge is 0.464 e. The summed E-state index contributed by atoms with van der Waals surface area (Å²) in [5.41, 5.74) is 3.35. The molecule has 0 radical (unpaired) electrons. The zero-order valence-electron chi connectivity index (χ0n) is 18.5. The van der Waals surface area contributed by atoms with Crippen molar-refractivity contribution in [2.45, 2.75) is 12.8 Å². The molecule has 4 rings (SSSR count). The van der Waals surface area contributed by atoms with Crippen molar-refractivity contribution in [2.24, 2.45) is 0 Å². The summed E-state index contributed by atoms with van der Waals surface area (Å²) in [6.07, 6.45) is 1.01. The first-order valence-corrected chi connectivity index (χ1v) is 11.1. The van der Waals surface area contributed by atoms with E-state index in [9.17, 15) is 19.2 Å². The second-order valence-corrected chi connectivity index (χ2v) is 7.86. The molecule has 0 aromatic heterocycles. The lowest BCUT2D eigenvalue weighted by Crippen LogP contribution is -2.31. The third-order valence-electron chi connectivity index (χ3n) is 5.56. The topological polar surface area (TPSA) is 92.8 Å². The molecule has 0 bridgehead atoms. The number of hydrogen-bond donors (Lipinski definition) is 1. The van der Waals surface area contributed by atoms with Crippen LogP contribution in [-0.4, -0.2) is 48.3 Å². The van der Waals surface area contributed by atoms with Gasteiger partial charge in [-0.25, -0.2) is 0 Å². The zero-order chi connectivity index (χ0) is 23.9. The van der Waals surface area contributed by atoms with Gasteiger partial charge in [-0.3, -0.25) is 24.1 Å². The van der Waals surface area contributed by atoms with Gasteiger partial charge < -0.3 is 10.1 Å². The third kappa shape index (κ3) is 5.20. The highest BCUT2D eigenvalue weighted by atomic mass is 16.5. The average molecular weight is 456 g/mol. The van der Waals surface area contributed by atoms with Gasteiger partial charge >= 0.3 is 5.97 Å². The van der Waals surface area contributed by atoms with Crippen LogP contribution in [0, 0.1) is 0 Å². The number of unbranched alkanes of at least 4 members (excludes halogenated alkanes) is 1. The zero-order valence-corrected chi connectivity index (χ0v) is 18.5. The van der Waals surface area contributed by atoms with Crippen LogP contribution in [-0.2, 0) is 9.53 Å². The molecule has 1 N–H and O–H groups in total. The van der Waals surface area contributed by atoms with E-state index in [0.29, 0.717) is 29.5 Å². The molecule has 0 unspecified atom stereocenters. The highest BCUT2D eigenvalue weighted by Gasteiger charge is 2.34. The number of nitrogens with one attached hydrogen (secondary N) is 1. The van der Waals surface area contributed by atoms with Crippen LogP contribution in [0.15, 0.2) is 78.9 Å². The highest BCUT2D eigenvalue weighted by molar-refractivity contribution is 6.21. The van der Waals surface area contributed by atoms with Crippen molar-refractivity contribution in [3.05, 3.63) is 95.6 Å². The molecule has 0 spiro atoms. The van der Waals surface area contributed by atoms with E-state index in [1.54, 1.807) is 36.4 Å². The Kier molecular flexibility index (Phi) is 7.13. The minimum Gasteiger partial charge on any atom is -0.464 e. The Labute approximate surface area is 197 Å². The Morgan fingerprint density at radius 2 is 1.32 bits per heavy atom. The van der Waals surface area contributed by atoms with Crippen molar-refractivity contribution >= 4 is 23.7 Å². The number of carbonyl (C=O) groups is 4. The van der Waals surface area contributed by atoms with Gasteiger partial charge in [0, 0.05) is 12.1 Å². The second kappa shape index (κ2) is 10.6. The molecule has 3 aromatic rings. The lowest BCUT2D eigenvalue weighted by atomic mass is 10.0. The standard InChI is InChI=1S/C27H24N2O5/c30-24(18-28-25(31)21-14-12-20(13-15-21)19-8-2-1-3-9-19)34-17-7-6-16-29-26(32)22-10-4-5-11-23(22)27(29)33/h1-5,8-15H,6-7,16-18H2,(H,28,31). The van der Waals surface area contributed by atoms with Gasteiger partial charge in [-0.15, -0.1) is 0 Å². The van der Waals surface area contributed by atoms with Crippen LogP contribution in [0.25, 0.3) is 11.1 Å². The summed E-state index contributed by atoms with van der Waals surface area (Å²) in [7, 11) is 0. The molecule has 7 nitrogen and oxygen atoms in total. The number of ether oxygens (including phenoxy) is 1. The van der Waals surface area contributed by atoms with E-state index in [-0.39, 0.29) is 37.4 Å². The SMILES string of the molecule is O=C(CNC(=O)c1ccc(-c2ccccc2)cc1)OCCCCN1C(=O)c2ccccc2C1=O. The fraction of sp³-hybridized carbons (Fsp3) is 0.185. The fourth-order valence-electron chi connectivity index (χ4n) is 3.75. The number of imide groups is 1. The maximum atomic E-state index is 12.3. The fourth-order valence-corrected chi connectivity index (χ4v) is 3.75. The minimum absolute atomic E-state index is 0.143. The van der Waals surface area contributed by atoms with Crippen LogP contribution in [0.4, 0.5) is 0 Å². The normalized spacial score (nSPS) is 12.4. The minimum atomic E-state index is -0.546. The van der Waals surface area contributed by atoms with Gasteiger partial charge in [0.25, 0.3) is 17.7 Å². The van der Waals surface area contributed by atoms with Gasteiger partial charge in [-0.2, -0.15) is 0 Å². The number of rotatable bonds is 9. The molecule has 0 fully saturated rings. The molecule has 3 amide bonds. The summed E-state index contributed by atoms with van der Waals surface area (Å²) < 4.78 is 5.14. The molecule has 0 saturated carbocycles. The molecule has 1 aliphatic heterocycles. The number of nitrogens with zero attached hydrogens (tertiary/aromatic N) is 1. The van der Waals surface area contributed by atoms with Crippen LogP contribution in [0.2, 0.25) is 0 Å². The van der Waals surface area contributed by atoms with Crippen molar-refractivity contribution < 1.29 is 23.9 Å². The summed E-state index contributed by atoms with van der Waals surface area (Å²) in [5.74, 6) is -1.49. The van der Waals surface area contributed by atoms with Crippen molar-refractivity contribution in [1.82, 2.24) is 10.2 Å². The summed E-state index contributed by atoms with van der Waals surface area (Å²) in [5, 5.41) is 2.55. The molecule has 0 atom stereocenters. The van der Waals surface area contributed by atoms with Crippen LogP contribution in [0.1, 0.15) is 43.9 Å². The second-order valence-electron chi connectivity index (χ2n) is 7.86. The van der Waals surface area contributed by atoms with Gasteiger partial charge in [0.05, 0.1) is 17.7 Å². The first-order valence-electron chi connectivity index (χ1n) is 11.1. The first-order chi connectivity index (χ1) is 16.5. The lowest BCUT2D eigenvalue weighted by molar-refractivity contribution is -0.142. The van der Waals surface area contributed by atoms with Gasteiger partial charge in [-0.1, -0.05) is 54.6 Å². The molecule has 34 heavy (non-hydrogen) atoms. The Morgan fingerprint density at radius 1 is 0.735 bits per heavy atom. The van der Waals surface area contributed by atoms with Crippen LogP contribution in [0.3, 0.4) is 0 Å². The number of amides is 3. The van der Waals surface area contributed by atoms with E-state index in [2.05, 4.69) is 5.32 Å². The average Bonchev–Trinajstić information content (AvgIpc) is 3.12. The molecule has 1 heterocycles. The van der Waals surface area contributed by atoms with Crippen LogP contribution < -0.4 is 5.32 Å². The van der Waals surface area contributed by atoms with Gasteiger partial charge in [0.1, 0.15) is 6.54 Å².